The number of sulfonamides is 1. The number of H-pyrrole nitrogens is 1. The molecule has 0 aromatic carbocycles. The van der Waals surface area contributed by atoms with Crippen molar-refractivity contribution < 1.29 is 13.2 Å². The van der Waals surface area contributed by atoms with Crippen molar-refractivity contribution in [2.45, 2.75) is 24.3 Å². The van der Waals surface area contributed by atoms with E-state index >= 15 is 0 Å². The van der Waals surface area contributed by atoms with Crippen molar-refractivity contribution in [2.75, 3.05) is 20.3 Å². The summed E-state index contributed by atoms with van der Waals surface area (Å²) in [5.74, 6) is 0. The Labute approximate surface area is 101 Å². The second-order valence-corrected chi connectivity index (χ2v) is 5.50. The molecule has 0 radical (unpaired) electrons. The van der Waals surface area contributed by atoms with Gasteiger partial charge in [-0.05, 0) is 13.3 Å². The van der Waals surface area contributed by atoms with Gasteiger partial charge in [0.2, 0.25) is 10.0 Å². The van der Waals surface area contributed by atoms with Crippen molar-refractivity contribution in [1.29, 1.82) is 0 Å². The molecule has 0 aliphatic carbocycles. The first-order valence-corrected chi connectivity index (χ1v) is 6.70. The van der Waals surface area contributed by atoms with E-state index in [1.165, 1.54) is 6.20 Å². The van der Waals surface area contributed by atoms with Crippen LogP contribution < -0.4 is 10.5 Å². The largest absolute Gasteiger partial charge is 0.383 e. The molecule has 1 aromatic heterocycles. The van der Waals surface area contributed by atoms with Crippen molar-refractivity contribution in [3.05, 3.63) is 11.9 Å². The Morgan fingerprint density at radius 1 is 1.65 bits per heavy atom. The molecule has 98 valence electrons. The van der Waals surface area contributed by atoms with Crippen molar-refractivity contribution in [2.24, 2.45) is 5.73 Å². The third-order valence-electron chi connectivity index (χ3n) is 2.26. The van der Waals surface area contributed by atoms with Crippen LogP contribution in [0.1, 0.15) is 12.1 Å². The summed E-state index contributed by atoms with van der Waals surface area (Å²) in [6, 6.07) is -0.173. The summed E-state index contributed by atoms with van der Waals surface area (Å²) >= 11 is 0. The number of aromatic amines is 1. The number of aryl methyl sites for hydroxylation is 1. The van der Waals surface area contributed by atoms with E-state index in [-0.39, 0.29) is 17.5 Å². The highest BCUT2D eigenvalue weighted by molar-refractivity contribution is 7.89. The van der Waals surface area contributed by atoms with E-state index in [1.807, 2.05) is 0 Å². The zero-order valence-corrected chi connectivity index (χ0v) is 10.8. The molecule has 1 atom stereocenters. The lowest BCUT2D eigenvalue weighted by atomic mass is 10.2. The zero-order valence-electron chi connectivity index (χ0n) is 9.93. The van der Waals surface area contributed by atoms with Crippen molar-refractivity contribution in [3.8, 4) is 0 Å². The van der Waals surface area contributed by atoms with Gasteiger partial charge in [0.15, 0.2) is 0 Å². The van der Waals surface area contributed by atoms with Gasteiger partial charge in [0.1, 0.15) is 4.90 Å². The molecule has 0 bridgehead atoms. The first-order valence-electron chi connectivity index (χ1n) is 5.21. The molecular formula is C9H18N4O3S. The van der Waals surface area contributed by atoms with Gasteiger partial charge in [-0.1, -0.05) is 0 Å². The molecule has 1 heterocycles. The summed E-state index contributed by atoms with van der Waals surface area (Å²) in [6.07, 6.45) is 1.80. The number of aromatic nitrogens is 2. The number of hydrogen-bond acceptors (Lipinski definition) is 5. The Hall–Kier alpha value is -0.960. The Morgan fingerprint density at radius 2 is 2.35 bits per heavy atom. The highest BCUT2D eigenvalue weighted by Crippen LogP contribution is 2.10. The van der Waals surface area contributed by atoms with Crippen molar-refractivity contribution >= 4 is 10.0 Å². The molecule has 1 rings (SSSR count). The van der Waals surface area contributed by atoms with E-state index in [2.05, 4.69) is 14.9 Å². The normalized spacial score (nSPS) is 13.8. The zero-order chi connectivity index (χ0) is 12.9. The molecule has 0 saturated heterocycles. The summed E-state index contributed by atoms with van der Waals surface area (Å²) in [5.41, 5.74) is 6.20. The van der Waals surface area contributed by atoms with Crippen LogP contribution in [-0.2, 0) is 14.8 Å². The van der Waals surface area contributed by atoms with Gasteiger partial charge < -0.3 is 10.5 Å². The maximum absolute atomic E-state index is 11.8. The molecule has 17 heavy (non-hydrogen) atoms. The predicted molar refractivity (Wildman–Crippen MR) is 63.0 cm³/mol. The molecule has 4 N–H and O–H groups in total. The Kier molecular flexibility index (Phi) is 5.06. The fourth-order valence-electron chi connectivity index (χ4n) is 1.36. The third-order valence-corrected chi connectivity index (χ3v) is 3.84. The lowest BCUT2D eigenvalue weighted by Gasteiger charge is -2.10. The van der Waals surface area contributed by atoms with Crippen LogP contribution in [0.5, 0.6) is 0 Å². The summed E-state index contributed by atoms with van der Waals surface area (Å²) in [4.78, 5) is 0.165. The quantitative estimate of drug-likeness (QED) is 0.605. The number of rotatable bonds is 7. The van der Waals surface area contributed by atoms with Gasteiger partial charge in [-0.15, -0.1) is 0 Å². The van der Waals surface area contributed by atoms with Crippen LogP contribution in [0.25, 0.3) is 0 Å². The van der Waals surface area contributed by atoms with E-state index in [9.17, 15) is 8.42 Å². The first kappa shape index (κ1) is 14.1. The molecular weight excluding hydrogens is 244 g/mol. The van der Waals surface area contributed by atoms with Crippen molar-refractivity contribution in [1.82, 2.24) is 14.9 Å². The van der Waals surface area contributed by atoms with E-state index in [0.29, 0.717) is 18.7 Å². The van der Waals surface area contributed by atoms with Crippen LogP contribution in [-0.4, -0.2) is 44.9 Å². The average molecular weight is 262 g/mol. The van der Waals surface area contributed by atoms with E-state index < -0.39 is 10.0 Å². The number of ether oxygens (including phenoxy) is 1. The highest BCUT2D eigenvalue weighted by atomic mass is 32.2. The Balaban J connectivity index is 2.49. The molecule has 0 fully saturated rings. The summed E-state index contributed by atoms with van der Waals surface area (Å²) < 4.78 is 30.9. The van der Waals surface area contributed by atoms with E-state index in [0.717, 1.165) is 0 Å². The molecule has 1 aromatic rings. The molecule has 0 aliphatic heterocycles. The second-order valence-electron chi connectivity index (χ2n) is 3.76. The lowest BCUT2D eigenvalue weighted by Crippen LogP contribution is -2.33. The van der Waals surface area contributed by atoms with Gasteiger partial charge in [0.05, 0.1) is 18.5 Å². The van der Waals surface area contributed by atoms with Gasteiger partial charge in [0.25, 0.3) is 0 Å². The molecule has 0 saturated carbocycles. The number of nitrogens with one attached hydrogen (secondary N) is 2. The maximum atomic E-state index is 11.8. The molecule has 7 nitrogen and oxygen atoms in total. The van der Waals surface area contributed by atoms with Gasteiger partial charge in [0, 0.05) is 19.7 Å². The smallest absolute Gasteiger partial charge is 0.243 e. The van der Waals surface area contributed by atoms with Gasteiger partial charge in [-0.3, -0.25) is 5.10 Å². The minimum Gasteiger partial charge on any atom is -0.383 e. The molecule has 0 amide bonds. The first-order chi connectivity index (χ1) is 7.97. The molecule has 1 unspecified atom stereocenters. The Bertz CT molecular complexity index is 443. The summed E-state index contributed by atoms with van der Waals surface area (Å²) in [5, 5.41) is 6.25. The lowest BCUT2D eigenvalue weighted by molar-refractivity contribution is 0.177. The topological polar surface area (TPSA) is 110 Å². The van der Waals surface area contributed by atoms with Crippen LogP contribution in [0.15, 0.2) is 11.1 Å². The number of methoxy groups -OCH3 is 1. The monoisotopic (exact) mass is 262 g/mol. The maximum Gasteiger partial charge on any atom is 0.243 e. The summed E-state index contributed by atoms with van der Waals surface area (Å²) in [6.45, 7) is 2.34. The number of nitrogens with two attached hydrogens (primary N) is 1. The van der Waals surface area contributed by atoms with Gasteiger partial charge in [-0.2, -0.15) is 5.10 Å². The molecule has 0 aliphatic rings. The van der Waals surface area contributed by atoms with Crippen LogP contribution in [0.3, 0.4) is 0 Å². The fourth-order valence-corrected chi connectivity index (χ4v) is 2.55. The summed E-state index contributed by atoms with van der Waals surface area (Å²) in [7, 11) is -1.94. The second kappa shape index (κ2) is 6.10. The van der Waals surface area contributed by atoms with Gasteiger partial charge >= 0.3 is 0 Å². The van der Waals surface area contributed by atoms with Crippen LogP contribution in [0.2, 0.25) is 0 Å². The van der Waals surface area contributed by atoms with E-state index in [4.69, 9.17) is 10.5 Å². The van der Waals surface area contributed by atoms with Gasteiger partial charge in [-0.25, -0.2) is 13.1 Å². The van der Waals surface area contributed by atoms with Crippen molar-refractivity contribution in [3.63, 3.8) is 0 Å². The van der Waals surface area contributed by atoms with E-state index in [1.54, 1.807) is 14.0 Å². The molecule has 8 heteroatoms. The third kappa shape index (κ3) is 4.08. The molecule has 0 spiro atoms. The van der Waals surface area contributed by atoms with Crippen LogP contribution in [0, 0.1) is 6.92 Å². The minimum absolute atomic E-state index is 0.165. The Morgan fingerprint density at radius 3 is 2.88 bits per heavy atom. The predicted octanol–water partition coefficient (Wildman–Crippen LogP) is -0.640. The van der Waals surface area contributed by atoms with Crippen LogP contribution >= 0.6 is 0 Å². The minimum atomic E-state index is -3.50. The SMILES string of the molecule is COCC(N)CCNS(=O)(=O)c1cn[nH]c1C. The fraction of sp³-hybridized carbons (Fsp3) is 0.667. The van der Waals surface area contributed by atoms with Crippen LogP contribution in [0.4, 0.5) is 0 Å². The number of nitrogens with zero attached hydrogens (tertiary/aromatic N) is 1. The standard InChI is InChI=1S/C9H18N4O3S/c1-7-9(5-11-13-7)17(14,15)12-4-3-8(10)6-16-2/h5,8,12H,3-4,6,10H2,1-2H3,(H,11,13). The average Bonchev–Trinajstić information content (AvgIpc) is 2.65. The highest BCUT2D eigenvalue weighted by Gasteiger charge is 2.18. The number of hydrogen-bond donors (Lipinski definition) is 3.